The van der Waals surface area contributed by atoms with Crippen molar-refractivity contribution in [3.05, 3.63) is 39.9 Å². The molecule has 126 valence electrons. The number of amides is 1. The third-order valence-electron chi connectivity index (χ3n) is 2.92. The number of likely N-dealkylation sites (N-methyl/N-ethyl adjacent to an activating group) is 1. The van der Waals surface area contributed by atoms with Crippen LogP contribution in [0.25, 0.3) is 0 Å². The van der Waals surface area contributed by atoms with Crippen molar-refractivity contribution in [2.24, 2.45) is 0 Å². The molecule has 0 bridgehead atoms. The smallest absolute Gasteiger partial charge is 0.252 e. The highest BCUT2D eigenvalue weighted by Crippen LogP contribution is 2.19. The number of nitrogens with one attached hydrogen (secondary N) is 1. The summed E-state index contributed by atoms with van der Waals surface area (Å²) < 4.78 is 25.7. The van der Waals surface area contributed by atoms with Gasteiger partial charge < -0.3 is 5.32 Å². The van der Waals surface area contributed by atoms with Crippen LogP contribution in [0.5, 0.6) is 0 Å². The molecule has 1 amide bonds. The minimum absolute atomic E-state index is 0.171. The van der Waals surface area contributed by atoms with Crippen LogP contribution in [0, 0.1) is 0 Å². The van der Waals surface area contributed by atoms with E-state index in [1.54, 1.807) is 34.5 Å². The number of hydrogen-bond acceptors (Lipinski definition) is 6. The van der Waals surface area contributed by atoms with Crippen LogP contribution in [0.4, 0.5) is 0 Å². The fraction of sp³-hybridized carbons (Fsp3) is 0.357. The monoisotopic (exact) mass is 390 g/mol. The number of thioether (sulfide) groups is 1. The third kappa shape index (κ3) is 5.61. The summed E-state index contributed by atoms with van der Waals surface area (Å²) in [4.78, 5) is 13.1. The van der Waals surface area contributed by atoms with Gasteiger partial charge in [-0.1, -0.05) is 12.1 Å². The summed E-state index contributed by atoms with van der Waals surface area (Å²) in [5, 5.41) is 6.50. The van der Waals surface area contributed by atoms with Crippen molar-refractivity contribution < 1.29 is 13.2 Å². The summed E-state index contributed by atoms with van der Waals surface area (Å²) in [6.07, 6.45) is 0. The van der Waals surface area contributed by atoms with Gasteiger partial charge >= 0.3 is 0 Å². The molecule has 23 heavy (non-hydrogen) atoms. The Kier molecular flexibility index (Phi) is 7.09. The number of hydrogen-bond donors (Lipinski definition) is 1. The maximum Gasteiger partial charge on any atom is 0.252 e. The van der Waals surface area contributed by atoms with E-state index in [4.69, 9.17) is 0 Å². The van der Waals surface area contributed by atoms with Crippen molar-refractivity contribution in [3.63, 3.8) is 0 Å². The Morgan fingerprint density at radius 3 is 2.65 bits per heavy atom. The molecule has 2 rings (SSSR count). The average Bonchev–Trinajstić information content (AvgIpc) is 3.20. The van der Waals surface area contributed by atoms with E-state index < -0.39 is 10.0 Å². The lowest BCUT2D eigenvalue weighted by atomic mass is 10.5. The van der Waals surface area contributed by atoms with Crippen LogP contribution in [0.3, 0.4) is 0 Å². The Balaban J connectivity index is 1.68. The Hall–Kier alpha value is -0.870. The van der Waals surface area contributed by atoms with Gasteiger partial charge in [0.25, 0.3) is 10.0 Å². The highest BCUT2D eigenvalue weighted by Gasteiger charge is 2.23. The van der Waals surface area contributed by atoms with Gasteiger partial charge in [0.15, 0.2) is 0 Å². The van der Waals surface area contributed by atoms with Gasteiger partial charge in [-0.15, -0.1) is 22.7 Å². The summed E-state index contributed by atoms with van der Waals surface area (Å²) in [7, 11) is -2.15. The molecule has 0 spiro atoms. The highest BCUT2D eigenvalue weighted by atomic mass is 32.2. The predicted octanol–water partition coefficient (Wildman–Crippen LogP) is 2.48. The van der Waals surface area contributed by atoms with Crippen molar-refractivity contribution >= 4 is 50.4 Å². The molecule has 0 aliphatic heterocycles. The molecular formula is C14H18N2O3S4. The first-order chi connectivity index (χ1) is 11.0. The van der Waals surface area contributed by atoms with Gasteiger partial charge in [-0.25, -0.2) is 8.42 Å². The number of carbonyl (C=O) groups excluding carboxylic acids is 1. The second-order valence-electron chi connectivity index (χ2n) is 4.68. The molecular weight excluding hydrogens is 372 g/mol. The molecule has 1 N–H and O–H groups in total. The first-order valence-corrected chi connectivity index (χ1v) is 11.2. The summed E-state index contributed by atoms with van der Waals surface area (Å²) >= 11 is 4.60. The molecule has 0 aromatic carbocycles. The molecule has 9 heteroatoms. The first-order valence-electron chi connectivity index (χ1n) is 6.87. The molecule has 0 atom stereocenters. The molecule has 0 radical (unpaired) electrons. The quantitative estimate of drug-likeness (QED) is 0.668. The maximum atomic E-state index is 12.2. The van der Waals surface area contributed by atoms with E-state index in [0.717, 1.165) is 27.1 Å². The van der Waals surface area contributed by atoms with Crippen molar-refractivity contribution in [1.82, 2.24) is 9.62 Å². The van der Waals surface area contributed by atoms with Crippen LogP contribution < -0.4 is 5.32 Å². The van der Waals surface area contributed by atoms with Crippen LogP contribution in [0.15, 0.2) is 39.2 Å². The number of thiophene rings is 2. The van der Waals surface area contributed by atoms with Crippen LogP contribution in [-0.2, 0) is 20.6 Å². The van der Waals surface area contributed by atoms with Crippen molar-refractivity contribution in [1.29, 1.82) is 0 Å². The van der Waals surface area contributed by atoms with Crippen LogP contribution in [0.1, 0.15) is 4.88 Å². The van der Waals surface area contributed by atoms with Gasteiger partial charge in [0.1, 0.15) is 4.21 Å². The van der Waals surface area contributed by atoms with E-state index >= 15 is 0 Å². The third-order valence-corrected chi connectivity index (χ3v) is 8.16. The number of sulfonamides is 1. The zero-order valence-electron chi connectivity index (χ0n) is 12.6. The molecule has 5 nitrogen and oxygen atoms in total. The fourth-order valence-corrected chi connectivity index (χ4v) is 5.76. The number of carbonyl (C=O) groups is 1. The number of nitrogens with zero attached hydrogens (tertiary/aromatic N) is 1. The maximum absolute atomic E-state index is 12.2. The van der Waals surface area contributed by atoms with Gasteiger partial charge in [0.2, 0.25) is 5.91 Å². The van der Waals surface area contributed by atoms with Gasteiger partial charge in [0.05, 0.1) is 6.54 Å². The standard InChI is InChI=1S/C14H18N2O3S4/c1-16(23(18,19)14-5-3-8-22-14)10-13(17)15-6-9-20-11-12-4-2-7-21-12/h2-5,7-8H,6,9-11H2,1H3,(H,15,17). The minimum atomic E-state index is -3.57. The molecule has 0 aliphatic carbocycles. The molecule has 2 heterocycles. The van der Waals surface area contributed by atoms with E-state index in [1.807, 2.05) is 11.4 Å². The average molecular weight is 391 g/mol. The van der Waals surface area contributed by atoms with E-state index in [0.29, 0.717) is 6.54 Å². The summed E-state index contributed by atoms with van der Waals surface area (Å²) in [6.45, 7) is 0.359. The van der Waals surface area contributed by atoms with E-state index in [-0.39, 0.29) is 16.7 Å². The highest BCUT2D eigenvalue weighted by molar-refractivity contribution is 7.98. The minimum Gasteiger partial charge on any atom is -0.354 e. The van der Waals surface area contributed by atoms with Crippen LogP contribution in [-0.4, -0.2) is 44.5 Å². The van der Waals surface area contributed by atoms with Gasteiger partial charge in [-0.3, -0.25) is 4.79 Å². The lowest BCUT2D eigenvalue weighted by Crippen LogP contribution is -2.38. The molecule has 0 saturated heterocycles. The largest absolute Gasteiger partial charge is 0.354 e. The van der Waals surface area contributed by atoms with Crippen LogP contribution >= 0.6 is 34.4 Å². The van der Waals surface area contributed by atoms with E-state index in [1.165, 1.54) is 18.0 Å². The zero-order valence-corrected chi connectivity index (χ0v) is 15.9. The molecule has 0 aliphatic rings. The van der Waals surface area contributed by atoms with Gasteiger partial charge in [-0.05, 0) is 22.9 Å². The normalized spacial score (nSPS) is 11.7. The Bertz CT molecular complexity index is 696. The second-order valence-corrected chi connectivity index (χ2v) is 10.0. The van der Waals surface area contributed by atoms with Crippen molar-refractivity contribution in [2.75, 3.05) is 25.9 Å². The fourth-order valence-electron chi connectivity index (χ4n) is 1.74. The Morgan fingerprint density at radius 1 is 1.26 bits per heavy atom. The predicted molar refractivity (Wildman–Crippen MR) is 97.6 cm³/mol. The van der Waals surface area contributed by atoms with Gasteiger partial charge in [-0.2, -0.15) is 16.1 Å². The summed E-state index contributed by atoms with van der Waals surface area (Å²) in [6, 6.07) is 7.32. The lowest BCUT2D eigenvalue weighted by Gasteiger charge is -2.15. The SMILES string of the molecule is CN(CC(=O)NCCSCc1cccs1)S(=O)(=O)c1cccs1. The molecule has 0 fully saturated rings. The van der Waals surface area contributed by atoms with Gasteiger partial charge in [0, 0.05) is 30.0 Å². The summed E-state index contributed by atoms with van der Waals surface area (Å²) in [5.41, 5.74) is 0. The summed E-state index contributed by atoms with van der Waals surface area (Å²) in [5.74, 6) is 1.44. The Morgan fingerprint density at radius 2 is 2.00 bits per heavy atom. The molecule has 0 unspecified atom stereocenters. The van der Waals surface area contributed by atoms with Crippen LogP contribution in [0.2, 0.25) is 0 Å². The van der Waals surface area contributed by atoms with Crippen molar-refractivity contribution in [2.45, 2.75) is 9.96 Å². The Labute approximate surface area is 148 Å². The molecule has 2 aromatic rings. The lowest BCUT2D eigenvalue weighted by molar-refractivity contribution is -0.121. The molecule has 0 saturated carbocycles. The first kappa shape index (κ1) is 18.5. The van der Waals surface area contributed by atoms with E-state index in [9.17, 15) is 13.2 Å². The number of rotatable bonds is 9. The van der Waals surface area contributed by atoms with E-state index in [2.05, 4.69) is 11.4 Å². The molecule has 2 aromatic heterocycles. The second kappa shape index (κ2) is 8.84. The zero-order chi connectivity index (χ0) is 16.7. The van der Waals surface area contributed by atoms with Crippen molar-refractivity contribution in [3.8, 4) is 0 Å². The topological polar surface area (TPSA) is 66.5 Å².